The van der Waals surface area contributed by atoms with Gasteiger partial charge in [0.1, 0.15) is 18.1 Å². The third-order valence-electron chi connectivity index (χ3n) is 5.79. The van der Waals surface area contributed by atoms with Crippen LogP contribution in [0.4, 0.5) is 5.69 Å². The number of carbonyl (C=O) groups is 2. The van der Waals surface area contributed by atoms with Gasteiger partial charge in [-0.1, -0.05) is 46.8 Å². The molecule has 1 fully saturated rings. The second-order valence-corrected chi connectivity index (χ2v) is 9.26. The lowest BCUT2D eigenvalue weighted by Crippen LogP contribution is -2.30. The van der Waals surface area contributed by atoms with Gasteiger partial charge < -0.3 is 14.2 Å². The SMILES string of the molecule is CC(OCCOc1ccc(C(C)(C)C)cc1)Oc1ccc(N2C(=O)C(C)C(C)C2=O)cc1. The maximum absolute atomic E-state index is 12.3. The summed E-state index contributed by atoms with van der Waals surface area (Å²) in [5.41, 5.74) is 1.93. The van der Waals surface area contributed by atoms with E-state index in [0.717, 1.165) is 5.75 Å². The van der Waals surface area contributed by atoms with E-state index in [9.17, 15) is 9.59 Å². The van der Waals surface area contributed by atoms with E-state index in [2.05, 4.69) is 32.9 Å². The van der Waals surface area contributed by atoms with E-state index in [-0.39, 0.29) is 29.1 Å². The molecule has 0 bridgehead atoms. The van der Waals surface area contributed by atoms with Gasteiger partial charge in [0, 0.05) is 11.8 Å². The van der Waals surface area contributed by atoms with Crippen molar-refractivity contribution in [2.24, 2.45) is 11.8 Å². The molecule has 32 heavy (non-hydrogen) atoms. The van der Waals surface area contributed by atoms with Crippen molar-refractivity contribution in [2.45, 2.75) is 53.2 Å². The topological polar surface area (TPSA) is 65.1 Å². The van der Waals surface area contributed by atoms with Gasteiger partial charge in [-0.25, -0.2) is 0 Å². The summed E-state index contributed by atoms with van der Waals surface area (Å²) < 4.78 is 17.2. The first-order valence-electron chi connectivity index (χ1n) is 11.1. The van der Waals surface area contributed by atoms with Crippen LogP contribution in [0, 0.1) is 11.8 Å². The Hall–Kier alpha value is -2.86. The van der Waals surface area contributed by atoms with Crippen LogP contribution in [0.25, 0.3) is 0 Å². The predicted molar refractivity (Wildman–Crippen MR) is 124 cm³/mol. The van der Waals surface area contributed by atoms with Crippen LogP contribution in [-0.4, -0.2) is 31.3 Å². The van der Waals surface area contributed by atoms with Crippen LogP contribution < -0.4 is 14.4 Å². The molecule has 0 aromatic heterocycles. The molecular weight excluding hydrogens is 406 g/mol. The highest BCUT2D eigenvalue weighted by atomic mass is 16.7. The normalized spacial score (nSPS) is 19.9. The molecule has 6 nitrogen and oxygen atoms in total. The average molecular weight is 440 g/mol. The van der Waals surface area contributed by atoms with Gasteiger partial charge in [0.05, 0.1) is 12.3 Å². The Balaban J connectivity index is 1.44. The van der Waals surface area contributed by atoms with Gasteiger partial charge in [-0.3, -0.25) is 14.5 Å². The van der Waals surface area contributed by atoms with Crippen molar-refractivity contribution in [2.75, 3.05) is 18.1 Å². The number of anilines is 1. The highest BCUT2D eigenvalue weighted by molar-refractivity contribution is 6.21. The lowest BCUT2D eigenvalue weighted by atomic mass is 9.87. The van der Waals surface area contributed by atoms with E-state index in [0.29, 0.717) is 24.7 Å². The maximum atomic E-state index is 12.3. The van der Waals surface area contributed by atoms with Crippen molar-refractivity contribution >= 4 is 17.5 Å². The summed E-state index contributed by atoms with van der Waals surface area (Å²) in [6.45, 7) is 12.7. The van der Waals surface area contributed by atoms with Crippen LogP contribution in [-0.2, 0) is 19.7 Å². The minimum atomic E-state index is -0.470. The Morgan fingerprint density at radius 2 is 1.38 bits per heavy atom. The quantitative estimate of drug-likeness (QED) is 0.331. The van der Waals surface area contributed by atoms with Crippen molar-refractivity contribution in [1.82, 2.24) is 0 Å². The summed E-state index contributed by atoms with van der Waals surface area (Å²) in [5, 5.41) is 0. The molecule has 3 unspecified atom stereocenters. The van der Waals surface area contributed by atoms with E-state index in [1.807, 2.05) is 19.1 Å². The number of amides is 2. The molecule has 3 atom stereocenters. The van der Waals surface area contributed by atoms with Gasteiger partial charge in [-0.15, -0.1) is 0 Å². The Bertz CT molecular complexity index is 910. The maximum Gasteiger partial charge on any atom is 0.237 e. The molecule has 0 aliphatic carbocycles. The van der Waals surface area contributed by atoms with Crippen molar-refractivity contribution in [3.05, 3.63) is 54.1 Å². The standard InChI is InChI=1S/C26H33NO5/c1-17-18(2)25(29)27(24(17)28)21-9-13-23(14-10-21)32-19(3)30-15-16-31-22-11-7-20(8-12-22)26(4,5)6/h7-14,17-19H,15-16H2,1-6H3. The van der Waals surface area contributed by atoms with Crippen LogP contribution in [0.3, 0.4) is 0 Å². The molecule has 0 saturated carbocycles. The molecule has 0 N–H and O–H groups in total. The van der Waals surface area contributed by atoms with Crippen LogP contribution in [0.2, 0.25) is 0 Å². The van der Waals surface area contributed by atoms with Gasteiger partial charge in [-0.05, 0) is 54.3 Å². The number of hydrogen-bond acceptors (Lipinski definition) is 5. The molecule has 0 spiro atoms. The van der Waals surface area contributed by atoms with Gasteiger partial charge in [-0.2, -0.15) is 0 Å². The Morgan fingerprint density at radius 1 is 0.844 bits per heavy atom. The molecule has 2 aromatic carbocycles. The summed E-state index contributed by atoms with van der Waals surface area (Å²) in [5.74, 6) is 0.471. The molecule has 3 rings (SSSR count). The third-order valence-corrected chi connectivity index (χ3v) is 5.79. The monoisotopic (exact) mass is 439 g/mol. The summed E-state index contributed by atoms with van der Waals surface area (Å²) in [7, 11) is 0. The molecule has 2 amide bonds. The lowest BCUT2D eigenvalue weighted by Gasteiger charge is -2.19. The second-order valence-electron chi connectivity index (χ2n) is 9.26. The van der Waals surface area contributed by atoms with Crippen LogP contribution >= 0.6 is 0 Å². The molecule has 1 aliphatic heterocycles. The molecular formula is C26H33NO5. The molecule has 1 saturated heterocycles. The second kappa shape index (κ2) is 9.74. The number of hydrogen-bond donors (Lipinski definition) is 0. The van der Waals surface area contributed by atoms with E-state index in [1.165, 1.54) is 10.5 Å². The highest BCUT2D eigenvalue weighted by Crippen LogP contribution is 2.31. The van der Waals surface area contributed by atoms with E-state index >= 15 is 0 Å². The minimum Gasteiger partial charge on any atom is -0.491 e. The lowest BCUT2D eigenvalue weighted by molar-refractivity contribution is -0.122. The minimum absolute atomic E-state index is 0.114. The number of imide groups is 1. The third kappa shape index (κ3) is 5.49. The van der Waals surface area contributed by atoms with Gasteiger partial charge in [0.15, 0.2) is 6.29 Å². The number of nitrogens with zero attached hydrogens (tertiary/aromatic N) is 1. The zero-order chi connectivity index (χ0) is 23.5. The number of ether oxygens (including phenoxy) is 3. The van der Waals surface area contributed by atoms with E-state index < -0.39 is 6.29 Å². The largest absolute Gasteiger partial charge is 0.491 e. The average Bonchev–Trinajstić information content (AvgIpc) is 2.94. The molecule has 0 radical (unpaired) electrons. The fraction of sp³-hybridized carbons (Fsp3) is 0.462. The first-order valence-corrected chi connectivity index (χ1v) is 11.1. The number of rotatable bonds is 8. The van der Waals surface area contributed by atoms with Gasteiger partial charge >= 0.3 is 0 Å². The van der Waals surface area contributed by atoms with Crippen molar-refractivity contribution in [3.63, 3.8) is 0 Å². The Kier molecular flexibility index (Phi) is 7.24. The summed E-state index contributed by atoms with van der Waals surface area (Å²) in [6.07, 6.45) is -0.470. The van der Waals surface area contributed by atoms with Gasteiger partial charge in [0.2, 0.25) is 11.8 Å². The molecule has 1 aliphatic rings. The summed E-state index contributed by atoms with van der Waals surface area (Å²) in [6, 6.07) is 15.0. The van der Waals surface area contributed by atoms with Crippen LogP contribution in [0.5, 0.6) is 11.5 Å². The van der Waals surface area contributed by atoms with Crippen molar-refractivity contribution < 1.29 is 23.8 Å². The molecule has 1 heterocycles. The summed E-state index contributed by atoms with van der Waals surface area (Å²) in [4.78, 5) is 25.9. The fourth-order valence-corrected chi connectivity index (χ4v) is 3.52. The van der Waals surface area contributed by atoms with E-state index in [4.69, 9.17) is 14.2 Å². The van der Waals surface area contributed by atoms with Crippen molar-refractivity contribution in [1.29, 1.82) is 0 Å². The molecule has 6 heteroatoms. The summed E-state index contributed by atoms with van der Waals surface area (Å²) >= 11 is 0. The molecule has 172 valence electrons. The highest BCUT2D eigenvalue weighted by Gasteiger charge is 2.42. The first kappa shape index (κ1) is 23.8. The molecule has 2 aromatic rings. The Labute approximate surface area is 190 Å². The zero-order valence-electron chi connectivity index (χ0n) is 19.8. The fourth-order valence-electron chi connectivity index (χ4n) is 3.52. The van der Waals surface area contributed by atoms with E-state index in [1.54, 1.807) is 38.1 Å². The first-order chi connectivity index (χ1) is 15.1. The zero-order valence-corrected chi connectivity index (χ0v) is 19.8. The van der Waals surface area contributed by atoms with Crippen LogP contribution in [0.15, 0.2) is 48.5 Å². The number of carbonyl (C=O) groups excluding carboxylic acids is 2. The van der Waals surface area contributed by atoms with Crippen LogP contribution in [0.1, 0.15) is 47.1 Å². The Morgan fingerprint density at radius 3 is 1.91 bits per heavy atom. The smallest absolute Gasteiger partial charge is 0.237 e. The number of benzene rings is 2. The van der Waals surface area contributed by atoms with Crippen molar-refractivity contribution in [3.8, 4) is 11.5 Å². The predicted octanol–water partition coefficient (Wildman–Crippen LogP) is 4.95. The van der Waals surface area contributed by atoms with Gasteiger partial charge in [0.25, 0.3) is 0 Å².